The zero-order chi connectivity index (χ0) is 15.1. The minimum Gasteiger partial charge on any atom is -0.383 e. The van der Waals surface area contributed by atoms with Gasteiger partial charge in [-0.25, -0.2) is 0 Å². The molecule has 0 aliphatic rings. The number of nitrogens with one attached hydrogen (secondary N) is 1. The third-order valence-corrected chi connectivity index (χ3v) is 4.01. The van der Waals surface area contributed by atoms with Gasteiger partial charge in [0.05, 0.1) is 6.61 Å². The molecule has 1 N–H and O–H groups in total. The van der Waals surface area contributed by atoms with Gasteiger partial charge in [0.1, 0.15) is 0 Å². The highest BCUT2D eigenvalue weighted by Crippen LogP contribution is 2.16. The van der Waals surface area contributed by atoms with E-state index in [9.17, 15) is 0 Å². The molecular formula is C16H36N2O. The molecule has 0 bridgehead atoms. The third-order valence-electron chi connectivity index (χ3n) is 4.01. The number of hydrogen-bond acceptors (Lipinski definition) is 3. The van der Waals surface area contributed by atoms with Crippen molar-refractivity contribution in [2.45, 2.75) is 72.5 Å². The van der Waals surface area contributed by atoms with Crippen molar-refractivity contribution < 1.29 is 4.74 Å². The molecule has 0 fully saturated rings. The maximum atomic E-state index is 5.25. The number of rotatable bonds is 9. The molecule has 0 aromatic rings. The van der Waals surface area contributed by atoms with Crippen LogP contribution in [0.3, 0.4) is 0 Å². The van der Waals surface area contributed by atoms with Crippen molar-refractivity contribution in [3.63, 3.8) is 0 Å². The van der Waals surface area contributed by atoms with E-state index in [1.54, 1.807) is 7.11 Å². The summed E-state index contributed by atoms with van der Waals surface area (Å²) < 4.78 is 5.25. The lowest BCUT2D eigenvalue weighted by molar-refractivity contribution is 0.0712. The molecule has 0 aromatic carbocycles. The van der Waals surface area contributed by atoms with Crippen LogP contribution in [0, 0.1) is 5.92 Å². The first-order valence-electron chi connectivity index (χ1n) is 7.72. The van der Waals surface area contributed by atoms with E-state index in [0.717, 1.165) is 19.7 Å². The summed E-state index contributed by atoms with van der Waals surface area (Å²) in [5.41, 5.74) is 0.196. The van der Waals surface area contributed by atoms with Gasteiger partial charge in [0.2, 0.25) is 0 Å². The molecule has 0 rings (SSSR count). The molecule has 0 aromatic heterocycles. The first-order valence-corrected chi connectivity index (χ1v) is 7.72. The van der Waals surface area contributed by atoms with E-state index < -0.39 is 0 Å². The van der Waals surface area contributed by atoms with Crippen molar-refractivity contribution in [3.8, 4) is 0 Å². The Balaban J connectivity index is 4.46. The van der Waals surface area contributed by atoms with Gasteiger partial charge in [-0.05, 0) is 53.5 Å². The second-order valence-electron chi connectivity index (χ2n) is 6.84. The van der Waals surface area contributed by atoms with Gasteiger partial charge in [0.15, 0.2) is 0 Å². The maximum Gasteiger partial charge on any atom is 0.0589 e. The summed E-state index contributed by atoms with van der Waals surface area (Å²) in [6, 6.07) is 1.18. The normalized spacial score (nSPS) is 17.5. The van der Waals surface area contributed by atoms with E-state index in [0.29, 0.717) is 18.0 Å². The number of hydrogen-bond donors (Lipinski definition) is 1. The Morgan fingerprint density at radius 3 is 2.16 bits per heavy atom. The van der Waals surface area contributed by atoms with Gasteiger partial charge in [0, 0.05) is 31.3 Å². The highest BCUT2D eigenvalue weighted by Gasteiger charge is 2.24. The van der Waals surface area contributed by atoms with Crippen molar-refractivity contribution in [1.82, 2.24) is 10.2 Å². The van der Waals surface area contributed by atoms with Gasteiger partial charge in [-0.3, -0.25) is 4.90 Å². The second kappa shape index (κ2) is 8.93. The van der Waals surface area contributed by atoms with Crippen molar-refractivity contribution in [1.29, 1.82) is 0 Å². The molecule has 116 valence electrons. The summed E-state index contributed by atoms with van der Waals surface area (Å²) in [5, 5.41) is 3.61. The summed E-state index contributed by atoms with van der Waals surface area (Å²) >= 11 is 0. The zero-order valence-electron chi connectivity index (χ0n) is 14.4. The van der Waals surface area contributed by atoms with E-state index in [1.807, 2.05) is 0 Å². The smallest absolute Gasteiger partial charge is 0.0589 e. The monoisotopic (exact) mass is 272 g/mol. The van der Waals surface area contributed by atoms with Gasteiger partial charge in [0.25, 0.3) is 0 Å². The van der Waals surface area contributed by atoms with Crippen LogP contribution in [0.1, 0.15) is 54.9 Å². The minimum atomic E-state index is 0.196. The van der Waals surface area contributed by atoms with Gasteiger partial charge in [-0.15, -0.1) is 0 Å². The molecular weight excluding hydrogens is 236 g/mol. The Hall–Kier alpha value is -0.120. The fourth-order valence-electron chi connectivity index (χ4n) is 2.22. The fourth-order valence-corrected chi connectivity index (χ4v) is 2.22. The van der Waals surface area contributed by atoms with Crippen molar-refractivity contribution in [2.24, 2.45) is 5.92 Å². The first kappa shape index (κ1) is 18.9. The molecule has 0 radical (unpaired) electrons. The van der Waals surface area contributed by atoms with Crippen LogP contribution in [0.15, 0.2) is 0 Å². The largest absolute Gasteiger partial charge is 0.383 e. The summed E-state index contributed by atoms with van der Waals surface area (Å²) in [5.74, 6) is 0.630. The fraction of sp³-hybridized carbons (Fsp3) is 1.00. The Kier molecular flexibility index (Phi) is 8.88. The van der Waals surface area contributed by atoms with Gasteiger partial charge < -0.3 is 10.1 Å². The van der Waals surface area contributed by atoms with Crippen LogP contribution in [-0.4, -0.2) is 49.3 Å². The molecule has 0 spiro atoms. The SMILES string of the molecule is CCC(C)N(CCOC)C(C)C(C)CNC(C)(C)C. The lowest BCUT2D eigenvalue weighted by Gasteiger charge is -2.38. The van der Waals surface area contributed by atoms with Crippen molar-refractivity contribution in [3.05, 3.63) is 0 Å². The van der Waals surface area contributed by atoms with Gasteiger partial charge >= 0.3 is 0 Å². The molecule has 19 heavy (non-hydrogen) atoms. The quantitative estimate of drug-likeness (QED) is 0.698. The standard InChI is InChI=1S/C16H36N2O/c1-9-14(3)18(10-11-19-8)15(4)13(2)12-17-16(5,6)7/h13-15,17H,9-12H2,1-8H3. The predicted molar refractivity (Wildman–Crippen MR) is 84.7 cm³/mol. The highest BCUT2D eigenvalue weighted by molar-refractivity contribution is 4.80. The average molecular weight is 272 g/mol. The van der Waals surface area contributed by atoms with Crippen LogP contribution in [-0.2, 0) is 4.74 Å². The summed E-state index contributed by atoms with van der Waals surface area (Å²) in [6.07, 6.45) is 1.19. The van der Waals surface area contributed by atoms with Crippen molar-refractivity contribution in [2.75, 3.05) is 26.8 Å². The van der Waals surface area contributed by atoms with E-state index in [-0.39, 0.29) is 5.54 Å². The number of ether oxygens (including phenoxy) is 1. The van der Waals surface area contributed by atoms with Crippen LogP contribution in [0.4, 0.5) is 0 Å². The van der Waals surface area contributed by atoms with Crippen LogP contribution < -0.4 is 5.32 Å². The van der Waals surface area contributed by atoms with E-state index in [4.69, 9.17) is 4.74 Å². The molecule has 3 unspecified atom stereocenters. The Labute approximate surface area is 121 Å². The molecule has 0 saturated carbocycles. The van der Waals surface area contributed by atoms with Crippen LogP contribution in [0.25, 0.3) is 0 Å². The van der Waals surface area contributed by atoms with E-state index in [2.05, 4.69) is 58.7 Å². The van der Waals surface area contributed by atoms with Crippen LogP contribution >= 0.6 is 0 Å². The Morgan fingerprint density at radius 2 is 1.74 bits per heavy atom. The van der Waals surface area contributed by atoms with Gasteiger partial charge in [-0.1, -0.05) is 13.8 Å². The van der Waals surface area contributed by atoms with Crippen LogP contribution in [0.5, 0.6) is 0 Å². The lowest BCUT2D eigenvalue weighted by Crippen LogP contribution is -2.49. The van der Waals surface area contributed by atoms with E-state index >= 15 is 0 Å². The maximum absolute atomic E-state index is 5.25. The topological polar surface area (TPSA) is 24.5 Å². The number of methoxy groups -OCH3 is 1. The first-order chi connectivity index (χ1) is 8.72. The average Bonchev–Trinajstić information content (AvgIpc) is 2.34. The predicted octanol–water partition coefficient (Wildman–Crippen LogP) is 3.15. The van der Waals surface area contributed by atoms with Gasteiger partial charge in [-0.2, -0.15) is 0 Å². The molecule has 3 heteroatoms. The molecule has 3 atom stereocenters. The van der Waals surface area contributed by atoms with Crippen LogP contribution in [0.2, 0.25) is 0 Å². The summed E-state index contributed by atoms with van der Waals surface area (Å²) in [4.78, 5) is 2.58. The molecule has 0 amide bonds. The number of nitrogens with zero attached hydrogens (tertiary/aromatic N) is 1. The third kappa shape index (κ3) is 7.91. The zero-order valence-corrected chi connectivity index (χ0v) is 14.4. The van der Waals surface area contributed by atoms with Crippen molar-refractivity contribution >= 4 is 0 Å². The minimum absolute atomic E-state index is 0.196. The summed E-state index contributed by atoms with van der Waals surface area (Å²) in [6.45, 7) is 18.8. The molecule has 0 saturated heterocycles. The van der Waals surface area contributed by atoms with E-state index in [1.165, 1.54) is 6.42 Å². The molecule has 3 nitrogen and oxygen atoms in total. The Bertz CT molecular complexity index is 225. The molecule has 0 aliphatic heterocycles. The second-order valence-corrected chi connectivity index (χ2v) is 6.84. The highest BCUT2D eigenvalue weighted by atomic mass is 16.5. The molecule has 0 heterocycles. The summed E-state index contributed by atoms with van der Waals surface area (Å²) in [7, 11) is 1.78. The Morgan fingerprint density at radius 1 is 1.16 bits per heavy atom. The molecule has 0 aliphatic carbocycles. The lowest BCUT2D eigenvalue weighted by atomic mass is 9.98.